The molecule has 0 spiro atoms. The molecular weight excluding hydrogens is 601 g/mol. The first kappa shape index (κ1) is 25.4. The van der Waals surface area contributed by atoms with Crippen molar-refractivity contribution in [2.24, 2.45) is 0 Å². The van der Waals surface area contributed by atoms with E-state index in [2.05, 4.69) is 118 Å². The Bertz CT molecular complexity index is 3330. The maximum Gasteiger partial charge on any atom is 0.236 e. The first-order valence-electron chi connectivity index (χ1n) is 16.6. The fourth-order valence-electron chi connectivity index (χ4n) is 8.43. The molecule has 0 fully saturated rings. The number of nitrogens with zero attached hydrogens (tertiary/aromatic N) is 4. The average molecular weight is 625 g/mol. The Morgan fingerprint density at radius 1 is 0.469 bits per heavy atom. The SMILES string of the molecule is c1ccc(-c2nc(-n3c4ccccc4c4cc5c6ccc7ccccc7c6n6c7ccccc7c(c43)c56)nc3c2oc2ccccc23)cc1. The van der Waals surface area contributed by atoms with Crippen LogP contribution in [0.5, 0.6) is 0 Å². The molecule has 0 unspecified atom stereocenters. The molecular formula is C44H24N4O. The van der Waals surface area contributed by atoms with Crippen LogP contribution in [0, 0.1) is 0 Å². The molecule has 0 saturated heterocycles. The number of furan rings is 1. The average Bonchev–Trinajstić information content (AvgIpc) is 3.90. The number of fused-ring (bicyclic) bond motifs is 15. The minimum atomic E-state index is 0.622. The summed E-state index contributed by atoms with van der Waals surface area (Å²) in [7, 11) is 0. The first-order chi connectivity index (χ1) is 24.3. The summed E-state index contributed by atoms with van der Waals surface area (Å²) >= 11 is 0. The summed E-state index contributed by atoms with van der Waals surface area (Å²) in [4.78, 5) is 10.7. The highest BCUT2D eigenvalue weighted by Gasteiger charge is 2.27. The number of hydrogen-bond donors (Lipinski definition) is 0. The number of hydrogen-bond acceptors (Lipinski definition) is 3. The molecule has 0 aliphatic heterocycles. The van der Waals surface area contributed by atoms with Crippen molar-refractivity contribution in [3.63, 3.8) is 0 Å². The zero-order valence-corrected chi connectivity index (χ0v) is 26.1. The summed E-state index contributed by atoms with van der Waals surface area (Å²) in [6, 6.07) is 51.6. The van der Waals surface area contributed by atoms with Gasteiger partial charge in [0, 0.05) is 48.7 Å². The van der Waals surface area contributed by atoms with Gasteiger partial charge in [-0.05, 0) is 35.7 Å². The molecule has 0 aliphatic rings. The van der Waals surface area contributed by atoms with Crippen LogP contribution in [0.4, 0.5) is 0 Å². The van der Waals surface area contributed by atoms with E-state index in [1.807, 2.05) is 36.4 Å². The Morgan fingerprint density at radius 2 is 1.16 bits per heavy atom. The van der Waals surface area contributed by atoms with E-state index in [1.54, 1.807) is 0 Å². The van der Waals surface area contributed by atoms with Gasteiger partial charge in [0.25, 0.3) is 0 Å². The molecule has 12 rings (SSSR count). The second-order valence-corrected chi connectivity index (χ2v) is 12.9. The lowest BCUT2D eigenvalue weighted by Crippen LogP contribution is -2.03. The third-order valence-electron chi connectivity index (χ3n) is 10.4. The van der Waals surface area contributed by atoms with Gasteiger partial charge in [-0.3, -0.25) is 4.57 Å². The third-order valence-corrected chi connectivity index (χ3v) is 10.4. The van der Waals surface area contributed by atoms with Gasteiger partial charge in [-0.25, -0.2) is 9.97 Å². The molecule has 0 amide bonds. The van der Waals surface area contributed by atoms with Gasteiger partial charge >= 0.3 is 0 Å². The molecule has 0 N–H and O–H groups in total. The van der Waals surface area contributed by atoms with Crippen LogP contribution in [0.15, 0.2) is 150 Å². The number of rotatable bonds is 2. The predicted molar refractivity (Wildman–Crippen MR) is 201 cm³/mol. The predicted octanol–water partition coefficient (Wildman–Crippen LogP) is 11.4. The Morgan fingerprint density at radius 3 is 2.04 bits per heavy atom. The second-order valence-electron chi connectivity index (χ2n) is 12.9. The van der Waals surface area contributed by atoms with Gasteiger partial charge in [0.2, 0.25) is 5.95 Å². The van der Waals surface area contributed by atoms with Crippen molar-refractivity contribution in [1.82, 2.24) is 18.9 Å². The lowest BCUT2D eigenvalue weighted by atomic mass is 10.0. The van der Waals surface area contributed by atoms with E-state index < -0.39 is 0 Å². The Labute approximate surface area is 278 Å². The molecule has 0 radical (unpaired) electrons. The molecule has 5 aromatic heterocycles. The van der Waals surface area contributed by atoms with Gasteiger partial charge in [0.15, 0.2) is 5.58 Å². The van der Waals surface area contributed by atoms with Crippen LogP contribution in [-0.4, -0.2) is 18.9 Å². The molecule has 0 saturated carbocycles. The van der Waals surface area contributed by atoms with Crippen LogP contribution in [-0.2, 0) is 0 Å². The van der Waals surface area contributed by atoms with E-state index in [0.717, 1.165) is 38.8 Å². The summed E-state index contributed by atoms with van der Waals surface area (Å²) in [5.41, 5.74) is 9.91. The van der Waals surface area contributed by atoms with E-state index in [1.165, 1.54) is 59.6 Å². The molecule has 7 aromatic carbocycles. The van der Waals surface area contributed by atoms with Gasteiger partial charge in [-0.2, -0.15) is 0 Å². The van der Waals surface area contributed by atoms with Gasteiger partial charge in [0.05, 0.1) is 27.6 Å². The molecule has 0 atom stereocenters. The standard InChI is InChI=1S/C44H24N4O/c1-2-13-26(14-3-1)38-43-39(31-18-8-11-21-36(31)49-43)46-44(45-38)48-34-19-9-6-16-28(34)32-24-33-29-23-22-25-12-4-5-15-27(25)40(29)47-35-20-10-7-17-30(35)37(41(33)47)42(32)48/h1-24H. The van der Waals surface area contributed by atoms with Crippen LogP contribution in [0.3, 0.4) is 0 Å². The van der Waals surface area contributed by atoms with E-state index in [-0.39, 0.29) is 0 Å². The highest BCUT2D eigenvalue weighted by molar-refractivity contribution is 6.35. The second kappa shape index (κ2) is 9.00. The largest absolute Gasteiger partial charge is 0.452 e. The van der Waals surface area contributed by atoms with Crippen molar-refractivity contribution in [1.29, 1.82) is 0 Å². The quantitative estimate of drug-likeness (QED) is 0.192. The van der Waals surface area contributed by atoms with Gasteiger partial charge in [0.1, 0.15) is 16.8 Å². The molecule has 5 nitrogen and oxygen atoms in total. The van der Waals surface area contributed by atoms with Gasteiger partial charge in [-0.15, -0.1) is 0 Å². The van der Waals surface area contributed by atoms with Crippen molar-refractivity contribution in [2.75, 3.05) is 0 Å². The van der Waals surface area contributed by atoms with Crippen LogP contribution in [0.25, 0.3) is 110 Å². The van der Waals surface area contributed by atoms with E-state index >= 15 is 0 Å². The Balaban J connectivity index is 1.33. The summed E-state index contributed by atoms with van der Waals surface area (Å²) in [5.74, 6) is 0.622. The lowest BCUT2D eigenvalue weighted by molar-refractivity contribution is 0.666. The molecule has 5 heteroatoms. The molecule has 49 heavy (non-hydrogen) atoms. The smallest absolute Gasteiger partial charge is 0.236 e. The molecule has 0 aliphatic carbocycles. The van der Waals surface area contributed by atoms with E-state index in [4.69, 9.17) is 14.4 Å². The topological polar surface area (TPSA) is 48.3 Å². The summed E-state index contributed by atoms with van der Waals surface area (Å²) in [6.45, 7) is 0. The van der Waals surface area contributed by atoms with Crippen LogP contribution < -0.4 is 0 Å². The highest BCUT2D eigenvalue weighted by atomic mass is 16.3. The first-order valence-corrected chi connectivity index (χ1v) is 16.6. The van der Waals surface area contributed by atoms with Crippen molar-refractivity contribution < 1.29 is 4.42 Å². The maximum absolute atomic E-state index is 6.47. The molecule has 5 heterocycles. The normalized spacial score (nSPS) is 12.5. The van der Waals surface area contributed by atoms with Crippen molar-refractivity contribution in [3.05, 3.63) is 146 Å². The number of benzene rings is 7. The maximum atomic E-state index is 6.47. The van der Waals surface area contributed by atoms with Crippen LogP contribution in [0.1, 0.15) is 0 Å². The monoisotopic (exact) mass is 624 g/mol. The summed E-state index contributed by atoms with van der Waals surface area (Å²) in [6.07, 6.45) is 0. The van der Waals surface area contributed by atoms with E-state index in [9.17, 15) is 0 Å². The van der Waals surface area contributed by atoms with Crippen molar-refractivity contribution in [3.8, 4) is 17.2 Å². The fourth-order valence-corrected chi connectivity index (χ4v) is 8.43. The van der Waals surface area contributed by atoms with Crippen LogP contribution in [0.2, 0.25) is 0 Å². The van der Waals surface area contributed by atoms with Gasteiger partial charge in [-0.1, -0.05) is 115 Å². The summed E-state index contributed by atoms with van der Waals surface area (Å²) < 4.78 is 11.2. The van der Waals surface area contributed by atoms with Crippen molar-refractivity contribution >= 4 is 92.7 Å². The molecule has 0 bridgehead atoms. The third kappa shape index (κ3) is 3.15. The van der Waals surface area contributed by atoms with Crippen molar-refractivity contribution in [2.45, 2.75) is 0 Å². The molecule has 12 aromatic rings. The van der Waals surface area contributed by atoms with Crippen LogP contribution >= 0.6 is 0 Å². The van der Waals surface area contributed by atoms with E-state index in [0.29, 0.717) is 11.5 Å². The minimum absolute atomic E-state index is 0.622. The summed E-state index contributed by atoms with van der Waals surface area (Å²) in [5, 5.41) is 10.8. The zero-order chi connectivity index (χ0) is 31.8. The minimum Gasteiger partial charge on any atom is -0.452 e. The number of aromatic nitrogens is 4. The molecule has 226 valence electrons. The fraction of sp³-hybridized carbons (Fsp3) is 0. The Kier molecular flexibility index (Phi) is 4.66. The Hall–Kier alpha value is -6.72. The van der Waals surface area contributed by atoms with Gasteiger partial charge < -0.3 is 8.82 Å². The lowest BCUT2D eigenvalue weighted by Gasteiger charge is -2.10. The number of para-hydroxylation sites is 3. The zero-order valence-electron chi connectivity index (χ0n) is 26.1. The highest BCUT2D eigenvalue weighted by Crippen LogP contribution is 2.47.